The average Bonchev–Trinajstić information content (AvgIpc) is 2.64. The zero-order chi connectivity index (χ0) is 13.1. The van der Waals surface area contributed by atoms with Gasteiger partial charge in [0.1, 0.15) is 0 Å². The van der Waals surface area contributed by atoms with Crippen molar-refractivity contribution < 1.29 is 0 Å². The lowest BCUT2D eigenvalue weighted by Crippen LogP contribution is -2.11. The highest BCUT2D eigenvalue weighted by atomic mass is 35.5. The van der Waals surface area contributed by atoms with E-state index in [0.29, 0.717) is 0 Å². The normalized spacial score (nSPS) is 14.2. The van der Waals surface area contributed by atoms with Crippen molar-refractivity contribution in [3.63, 3.8) is 0 Å². The van der Waals surface area contributed by atoms with Crippen molar-refractivity contribution >= 4 is 12.4 Å². The first-order chi connectivity index (χ1) is 9.40. The van der Waals surface area contributed by atoms with E-state index in [1.807, 2.05) is 0 Å². The van der Waals surface area contributed by atoms with Gasteiger partial charge in [0.2, 0.25) is 0 Å². The minimum atomic E-state index is 0. The molecule has 0 amide bonds. The molecule has 0 unspecified atom stereocenters. The van der Waals surface area contributed by atoms with Crippen molar-refractivity contribution in [2.24, 2.45) is 0 Å². The van der Waals surface area contributed by atoms with Crippen LogP contribution in [-0.4, -0.2) is 11.1 Å². The van der Waals surface area contributed by atoms with Crippen LogP contribution in [0.15, 0.2) is 36.4 Å². The quantitative estimate of drug-likeness (QED) is 0.903. The van der Waals surface area contributed by atoms with Crippen LogP contribution in [0.25, 0.3) is 11.3 Å². The lowest BCUT2D eigenvalue weighted by Gasteiger charge is -2.12. The van der Waals surface area contributed by atoms with E-state index in [9.17, 15) is 0 Å². The van der Waals surface area contributed by atoms with Crippen LogP contribution in [0.1, 0.15) is 31.0 Å². The summed E-state index contributed by atoms with van der Waals surface area (Å²) < 4.78 is 2.54. The maximum atomic E-state index is 3.52. The fraction of sp³-hybridized carbons (Fsp3) is 0.412. The van der Waals surface area contributed by atoms with Gasteiger partial charge in [-0.3, -0.25) is 0 Å². The Balaban J connectivity index is 0.00000147. The number of aromatic nitrogens is 1. The molecule has 0 fully saturated rings. The SMILES string of the molecule is CCCn1c(-c2ccccc2)cc2c1CCCNC2.Cl. The first kappa shape index (κ1) is 15.1. The van der Waals surface area contributed by atoms with Gasteiger partial charge in [0, 0.05) is 24.5 Å². The third-order valence-corrected chi connectivity index (χ3v) is 3.90. The second-order valence-corrected chi connectivity index (χ2v) is 5.30. The van der Waals surface area contributed by atoms with Gasteiger partial charge in [-0.2, -0.15) is 0 Å². The van der Waals surface area contributed by atoms with Crippen LogP contribution in [0.2, 0.25) is 0 Å². The van der Waals surface area contributed by atoms with E-state index in [1.165, 1.54) is 36.1 Å². The fourth-order valence-electron chi connectivity index (χ4n) is 3.02. The molecular weight excluding hydrogens is 268 g/mol. The van der Waals surface area contributed by atoms with Crippen LogP contribution in [0, 0.1) is 0 Å². The molecule has 108 valence electrons. The summed E-state index contributed by atoms with van der Waals surface area (Å²) in [5.74, 6) is 0. The minimum absolute atomic E-state index is 0. The second kappa shape index (κ2) is 6.96. The number of hydrogen-bond acceptors (Lipinski definition) is 1. The number of fused-ring (bicyclic) bond motifs is 1. The summed E-state index contributed by atoms with van der Waals surface area (Å²) in [6.07, 6.45) is 3.64. The number of benzene rings is 1. The zero-order valence-corrected chi connectivity index (χ0v) is 12.9. The second-order valence-electron chi connectivity index (χ2n) is 5.30. The topological polar surface area (TPSA) is 17.0 Å². The highest BCUT2D eigenvalue weighted by molar-refractivity contribution is 5.85. The molecule has 0 saturated heterocycles. The highest BCUT2D eigenvalue weighted by Gasteiger charge is 2.17. The Morgan fingerprint density at radius 2 is 2.00 bits per heavy atom. The summed E-state index contributed by atoms with van der Waals surface area (Å²) >= 11 is 0. The predicted octanol–water partition coefficient (Wildman–Crippen LogP) is 4.02. The van der Waals surface area contributed by atoms with Crippen LogP contribution in [0.4, 0.5) is 0 Å². The Hall–Kier alpha value is -1.25. The monoisotopic (exact) mass is 290 g/mol. The average molecular weight is 291 g/mol. The van der Waals surface area contributed by atoms with E-state index in [0.717, 1.165) is 19.6 Å². The van der Waals surface area contributed by atoms with Gasteiger partial charge in [0.05, 0.1) is 0 Å². The molecule has 20 heavy (non-hydrogen) atoms. The fourth-order valence-corrected chi connectivity index (χ4v) is 3.02. The Morgan fingerprint density at radius 3 is 2.75 bits per heavy atom. The van der Waals surface area contributed by atoms with Crippen molar-refractivity contribution in [2.75, 3.05) is 6.54 Å². The maximum Gasteiger partial charge on any atom is 0.0485 e. The molecule has 3 heteroatoms. The third kappa shape index (κ3) is 2.92. The molecule has 1 aromatic heterocycles. The van der Waals surface area contributed by atoms with E-state index in [-0.39, 0.29) is 12.4 Å². The van der Waals surface area contributed by atoms with Crippen LogP contribution < -0.4 is 5.32 Å². The van der Waals surface area contributed by atoms with E-state index >= 15 is 0 Å². The van der Waals surface area contributed by atoms with Crippen molar-refractivity contribution in [3.05, 3.63) is 47.7 Å². The van der Waals surface area contributed by atoms with Gasteiger partial charge in [-0.05, 0) is 43.0 Å². The molecule has 1 aliphatic heterocycles. The molecule has 2 heterocycles. The molecule has 1 aromatic carbocycles. The zero-order valence-electron chi connectivity index (χ0n) is 12.1. The largest absolute Gasteiger partial charge is 0.344 e. The third-order valence-electron chi connectivity index (χ3n) is 3.90. The summed E-state index contributed by atoms with van der Waals surface area (Å²) in [5, 5.41) is 3.52. The minimum Gasteiger partial charge on any atom is -0.344 e. The lowest BCUT2D eigenvalue weighted by molar-refractivity contribution is 0.638. The van der Waals surface area contributed by atoms with Crippen LogP contribution in [0.5, 0.6) is 0 Å². The standard InChI is InChI=1S/C17H22N2.ClH/c1-2-11-19-16-9-6-10-18-13-15(16)12-17(19)14-7-4-3-5-8-14;/h3-5,7-8,12,18H,2,6,9-11,13H2,1H3;1H. The van der Waals surface area contributed by atoms with Crippen molar-refractivity contribution in [1.29, 1.82) is 0 Å². The smallest absolute Gasteiger partial charge is 0.0485 e. The van der Waals surface area contributed by atoms with Crippen LogP contribution >= 0.6 is 12.4 Å². The van der Waals surface area contributed by atoms with Crippen LogP contribution in [-0.2, 0) is 19.5 Å². The molecule has 2 aromatic rings. The van der Waals surface area contributed by atoms with Gasteiger partial charge in [0.15, 0.2) is 0 Å². The molecule has 1 N–H and O–H groups in total. The summed E-state index contributed by atoms with van der Waals surface area (Å²) in [6.45, 7) is 5.54. The van der Waals surface area contributed by atoms with Crippen LogP contribution in [0.3, 0.4) is 0 Å². The Morgan fingerprint density at radius 1 is 1.20 bits per heavy atom. The first-order valence-electron chi connectivity index (χ1n) is 7.37. The van der Waals surface area contributed by atoms with E-state index in [2.05, 4.69) is 53.2 Å². The van der Waals surface area contributed by atoms with E-state index in [1.54, 1.807) is 5.69 Å². The van der Waals surface area contributed by atoms with Gasteiger partial charge >= 0.3 is 0 Å². The molecule has 3 rings (SSSR count). The van der Waals surface area contributed by atoms with Gasteiger partial charge in [-0.15, -0.1) is 12.4 Å². The molecule has 0 saturated carbocycles. The first-order valence-corrected chi connectivity index (χ1v) is 7.37. The molecule has 0 spiro atoms. The van der Waals surface area contributed by atoms with Gasteiger partial charge < -0.3 is 9.88 Å². The summed E-state index contributed by atoms with van der Waals surface area (Å²) in [4.78, 5) is 0. The summed E-state index contributed by atoms with van der Waals surface area (Å²) in [6, 6.07) is 13.2. The molecule has 0 radical (unpaired) electrons. The highest BCUT2D eigenvalue weighted by Crippen LogP contribution is 2.28. The molecular formula is C17H23ClN2. The Labute approximate surface area is 127 Å². The predicted molar refractivity (Wildman–Crippen MR) is 87.4 cm³/mol. The number of nitrogens with one attached hydrogen (secondary N) is 1. The summed E-state index contributed by atoms with van der Waals surface area (Å²) in [7, 11) is 0. The number of nitrogens with zero attached hydrogens (tertiary/aromatic N) is 1. The molecule has 2 nitrogen and oxygen atoms in total. The number of hydrogen-bond donors (Lipinski definition) is 1. The number of rotatable bonds is 3. The van der Waals surface area contributed by atoms with E-state index < -0.39 is 0 Å². The van der Waals surface area contributed by atoms with E-state index in [4.69, 9.17) is 0 Å². The summed E-state index contributed by atoms with van der Waals surface area (Å²) in [5.41, 5.74) is 5.76. The van der Waals surface area contributed by atoms with Gasteiger partial charge in [-0.25, -0.2) is 0 Å². The molecule has 1 aliphatic rings. The molecule has 0 aliphatic carbocycles. The molecule has 0 atom stereocenters. The van der Waals surface area contributed by atoms with Crippen molar-refractivity contribution in [2.45, 2.75) is 39.3 Å². The Kier molecular flexibility index (Phi) is 5.27. The van der Waals surface area contributed by atoms with Crippen molar-refractivity contribution in [3.8, 4) is 11.3 Å². The van der Waals surface area contributed by atoms with Crippen molar-refractivity contribution in [1.82, 2.24) is 9.88 Å². The lowest BCUT2D eigenvalue weighted by atomic mass is 10.1. The Bertz CT molecular complexity index is 546. The van der Waals surface area contributed by atoms with Gasteiger partial charge in [0.25, 0.3) is 0 Å². The maximum absolute atomic E-state index is 3.52. The molecule has 0 bridgehead atoms. The van der Waals surface area contributed by atoms with Gasteiger partial charge in [-0.1, -0.05) is 37.3 Å². The number of halogens is 1.